The zero-order valence-corrected chi connectivity index (χ0v) is 12.5. The summed E-state index contributed by atoms with van der Waals surface area (Å²) >= 11 is 0. The van der Waals surface area contributed by atoms with Crippen molar-refractivity contribution in [1.82, 2.24) is 0 Å². The highest BCUT2D eigenvalue weighted by atomic mass is 19.1. The summed E-state index contributed by atoms with van der Waals surface area (Å²) < 4.78 is 13.4. The second-order valence-electron chi connectivity index (χ2n) is 4.96. The lowest BCUT2D eigenvalue weighted by atomic mass is 10.1. The Balaban J connectivity index is 2.37. The second kappa shape index (κ2) is 6.87. The SMILES string of the molecule is CCN(Cc1ccc(C(N)=O)cc1[N+](=O)[O-])c1cccc(F)c1. The van der Waals surface area contributed by atoms with Crippen LogP contribution in [-0.2, 0) is 6.54 Å². The van der Waals surface area contributed by atoms with Crippen LogP contribution in [0.1, 0.15) is 22.8 Å². The minimum atomic E-state index is -0.725. The van der Waals surface area contributed by atoms with Gasteiger partial charge in [0, 0.05) is 36.0 Å². The average Bonchev–Trinajstić information content (AvgIpc) is 2.52. The van der Waals surface area contributed by atoms with Gasteiger partial charge >= 0.3 is 0 Å². The van der Waals surface area contributed by atoms with Crippen molar-refractivity contribution >= 4 is 17.3 Å². The summed E-state index contributed by atoms with van der Waals surface area (Å²) in [4.78, 5) is 23.7. The Hall–Kier alpha value is -2.96. The lowest BCUT2D eigenvalue weighted by Gasteiger charge is -2.23. The number of primary amides is 1. The number of hydrogen-bond donors (Lipinski definition) is 1. The number of nitrogens with two attached hydrogens (primary N) is 1. The Morgan fingerprint density at radius 1 is 1.30 bits per heavy atom. The first-order valence-corrected chi connectivity index (χ1v) is 7.00. The van der Waals surface area contributed by atoms with Gasteiger partial charge in [0.2, 0.25) is 5.91 Å². The summed E-state index contributed by atoms with van der Waals surface area (Å²) in [5.41, 5.74) is 6.10. The molecule has 0 spiro atoms. The summed E-state index contributed by atoms with van der Waals surface area (Å²) in [6.07, 6.45) is 0. The van der Waals surface area contributed by atoms with E-state index in [1.54, 1.807) is 17.0 Å². The normalized spacial score (nSPS) is 10.3. The first-order valence-electron chi connectivity index (χ1n) is 7.00. The van der Waals surface area contributed by atoms with Gasteiger partial charge in [-0.15, -0.1) is 0 Å². The first-order chi connectivity index (χ1) is 10.9. The van der Waals surface area contributed by atoms with Gasteiger partial charge in [0.05, 0.1) is 4.92 Å². The van der Waals surface area contributed by atoms with E-state index < -0.39 is 10.8 Å². The maximum Gasteiger partial charge on any atom is 0.275 e. The number of anilines is 1. The molecule has 6 nitrogen and oxygen atoms in total. The largest absolute Gasteiger partial charge is 0.367 e. The van der Waals surface area contributed by atoms with E-state index in [9.17, 15) is 19.3 Å². The molecule has 7 heteroatoms. The van der Waals surface area contributed by atoms with Gasteiger partial charge < -0.3 is 10.6 Å². The molecule has 1 amide bonds. The molecule has 23 heavy (non-hydrogen) atoms. The number of carbonyl (C=O) groups is 1. The molecule has 2 aromatic carbocycles. The van der Waals surface area contributed by atoms with Crippen LogP contribution in [0.3, 0.4) is 0 Å². The molecule has 0 heterocycles. The molecule has 0 aliphatic carbocycles. The molecule has 0 atom stereocenters. The third-order valence-corrected chi connectivity index (χ3v) is 3.48. The Morgan fingerprint density at radius 2 is 2.04 bits per heavy atom. The molecule has 0 bridgehead atoms. The summed E-state index contributed by atoms with van der Waals surface area (Å²) in [5.74, 6) is -1.10. The number of nitro groups is 1. The van der Waals surface area contributed by atoms with Crippen LogP contribution >= 0.6 is 0 Å². The van der Waals surface area contributed by atoms with Crippen molar-refractivity contribution in [1.29, 1.82) is 0 Å². The standard InChI is InChI=1S/C16H16FN3O3/c1-2-19(14-5-3-4-13(17)9-14)10-12-7-6-11(16(18)21)8-15(12)20(22)23/h3-9H,2,10H2,1H3,(H2,18,21). The summed E-state index contributed by atoms with van der Waals surface area (Å²) in [5, 5.41) is 11.2. The summed E-state index contributed by atoms with van der Waals surface area (Å²) in [7, 11) is 0. The monoisotopic (exact) mass is 317 g/mol. The fraction of sp³-hybridized carbons (Fsp3) is 0.188. The lowest BCUT2D eigenvalue weighted by Crippen LogP contribution is -2.23. The zero-order valence-electron chi connectivity index (χ0n) is 12.5. The third-order valence-electron chi connectivity index (χ3n) is 3.48. The maximum atomic E-state index is 13.4. The van der Waals surface area contributed by atoms with Gasteiger partial charge in [-0.3, -0.25) is 14.9 Å². The molecule has 0 saturated heterocycles. The van der Waals surface area contributed by atoms with Gasteiger partial charge in [0.15, 0.2) is 0 Å². The van der Waals surface area contributed by atoms with E-state index in [2.05, 4.69) is 0 Å². The number of amides is 1. The minimum Gasteiger partial charge on any atom is -0.367 e. The van der Waals surface area contributed by atoms with Gasteiger partial charge in [-0.05, 0) is 37.3 Å². The molecular weight excluding hydrogens is 301 g/mol. The number of nitrogens with zero attached hydrogens (tertiary/aromatic N) is 2. The minimum absolute atomic E-state index is 0.0780. The van der Waals surface area contributed by atoms with Crippen molar-refractivity contribution < 1.29 is 14.1 Å². The van der Waals surface area contributed by atoms with E-state index in [1.165, 1.54) is 24.3 Å². The molecule has 0 fully saturated rings. The van der Waals surface area contributed by atoms with Crippen molar-refractivity contribution in [2.24, 2.45) is 5.73 Å². The van der Waals surface area contributed by atoms with Crippen molar-refractivity contribution in [3.63, 3.8) is 0 Å². The molecule has 0 aliphatic rings. The third kappa shape index (κ3) is 3.82. The van der Waals surface area contributed by atoms with Crippen LogP contribution in [0.2, 0.25) is 0 Å². The van der Waals surface area contributed by atoms with Crippen molar-refractivity contribution in [2.75, 3.05) is 11.4 Å². The zero-order chi connectivity index (χ0) is 17.0. The maximum absolute atomic E-state index is 13.4. The Bertz CT molecular complexity index is 749. The Labute approximate surface area is 132 Å². The number of halogens is 1. The number of hydrogen-bond acceptors (Lipinski definition) is 4. The van der Waals surface area contributed by atoms with E-state index in [4.69, 9.17) is 5.73 Å². The lowest BCUT2D eigenvalue weighted by molar-refractivity contribution is -0.385. The number of nitro benzene ring substituents is 1. The molecular formula is C16H16FN3O3. The molecule has 2 N–H and O–H groups in total. The average molecular weight is 317 g/mol. The van der Waals surface area contributed by atoms with Crippen LogP contribution in [0.5, 0.6) is 0 Å². The number of rotatable bonds is 6. The van der Waals surface area contributed by atoms with Crippen LogP contribution < -0.4 is 10.6 Å². The van der Waals surface area contributed by atoms with E-state index >= 15 is 0 Å². The first kappa shape index (κ1) is 16.4. The topological polar surface area (TPSA) is 89.5 Å². The van der Waals surface area contributed by atoms with Crippen LogP contribution in [0, 0.1) is 15.9 Å². The van der Waals surface area contributed by atoms with Gasteiger partial charge in [-0.25, -0.2) is 4.39 Å². The van der Waals surface area contributed by atoms with E-state index in [0.717, 1.165) is 6.07 Å². The van der Waals surface area contributed by atoms with Crippen molar-refractivity contribution in [3.05, 3.63) is 69.5 Å². The molecule has 120 valence electrons. The Kier molecular flexibility index (Phi) is 4.90. The fourth-order valence-electron chi connectivity index (χ4n) is 2.28. The molecule has 0 aromatic heterocycles. The quantitative estimate of drug-likeness (QED) is 0.655. The van der Waals surface area contributed by atoms with E-state index in [0.29, 0.717) is 17.8 Å². The fourth-order valence-corrected chi connectivity index (χ4v) is 2.28. The Morgan fingerprint density at radius 3 is 2.61 bits per heavy atom. The van der Waals surface area contributed by atoms with Gasteiger partial charge in [0.25, 0.3) is 5.69 Å². The molecule has 0 unspecified atom stereocenters. The molecule has 0 aliphatic heterocycles. The summed E-state index contributed by atoms with van der Waals surface area (Å²) in [6.45, 7) is 2.63. The highest BCUT2D eigenvalue weighted by Gasteiger charge is 2.18. The highest BCUT2D eigenvalue weighted by molar-refractivity contribution is 5.93. The van der Waals surface area contributed by atoms with Gasteiger partial charge in [-0.1, -0.05) is 6.07 Å². The van der Waals surface area contributed by atoms with Crippen molar-refractivity contribution in [2.45, 2.75) is 13.5 Å². The van der Waals surface area contributed by atoms with Gasteiger partial charge in [0.1, 0.15) is 5.82 Å². The smallest absolute Gasteiger partial charge is 0.275 e. The van der Waals surface area contributed by atoms with Crippen LogP contribution in [0.4, 0.5) is 15.8 Å². The van der Waals surface area contributed by atoms with Crippen LogP contribution in [-0.4, -0.2) is 17.4 Å². The summed E-state index contributed by atoms with van der Waals surface area (Å²) in [6, 6.07) is 10.1. The van der Waals surface area contributed by atoms with Gasteiger partial charge in [-0.2, -0.15) is 0 Å². The second-order valence-corrected chi connectivity index (χ2v) is 4.96. The molecule has 2 aromatic rings. The van der Waals surface area contributed by atoms with E-state index in [1.807, 2.05) is 6.92 Å². The van der Waals surface area contributed by atoms with Crippen molar-refractivity contribution in [3.8, 4) is 0 Å². The molecule has 2 rings (SSSR count). The molecule has 0 radical (unpaired) electrons. The number of benzene rings is 2. The number of carbonyl (C=O) groups excluding carboxylic acids is 1. The molecule has 0 saturated carbocycles. The van der Waals surface area contributed by atoms with E-state index in [-0.39, 0.29) is 23.6 Å². The highest BCUT2D eigenvalue weighted by Crippen LogP contribution is 2.25. The predicted octanol–water partition coefficient (Wildman–Crippen LogP) is 2.86. The van der Waals surface area contributed by atoms with Crippen LogP contribution in [0.25, 0.3) is 0 Å². The predicted molar refractivity (Wildman–Crippen MR) is 84.7 cm³/mol. The van der Waals surface area contributed by atoms with Crippen LogP contribution in [0.15, 0.2) is 42.5 Å².